The van der Waals surface area contributed by atoms with Crippen LogP contribution in [0.2, 0.25) is 0 Å². The molecule has 7 rings (SSSR count). The van der Waals surface area contributed by atoms with Crippen LogP contribution in [0.1, 0.15) is 0 Å². The van der Waals surface area contributed by atoms with Gasteiger partial charge >= 0.3 is 0 Å². The molecule has 2 N–H and O–H groups in total. The molecule has 6 aromatic rings. The number of nitrogens with zero attached hydrogens (tertiary/aromatic N) is 3. The normalized spacial score (nSPS) is 12.3. The zero-order valence-electron chi connectivity index (χ0n) is 18.9. The van der Waals surface area contributed by atoms with Crippen molar-refractivity contribution in [3.05, 3.63) is 96.4 Å². The molecule has 0 spiro atoms. The fourth-order valence-electron chi connectivity index (χ4n) is 4.43. The Bertz CT molecular complexity index is 1760. The van der Waals surface area contributed by atoms with Crippen LogP contribution in [0.5, 0.6) is 0 Å². The number of hydrogen-bond acceptors (Lipinski definition) is 7. The van der Waals surface area contributed by atoms with Crippen LogP contribution in [0.3, 0.4) is 0 Å². The van der Waals surface area contributed by atoms with Crippen LogP contribution >= 0.6 is 34.9 Å². The van der Waals surface area contributed by atoms with Crippen molar-refractivity contribution in [2.45, 2.75) is 19.6 Å². The molecule has 0 aliphatic carbocycles. The second kappa shape index (κ2) is 8.78. The lowest BCUT2D eigenvalue weighted by atomic mass is 10.1. The van der Waals surface area contributed by atoms with E-state index in [2.05, 4.69) is 63.9 Å². The molecule has 0 saturated carbocycles. The lowest BCUT2D eigenvalue weighted by Gasteiger charge is -2.21. The Labute approximate surface area is 220 Å². The Kier molecular flexibility index (Phi) is 5.27. The molecule has 1 aliphatic heterocycles. The summed E-state index contributed by atoms with van der Waals surface area (Å²) in [6, 6.07) is 31.4. The number of anilines is 1. The molecule has 172 valence electrons. The number of hydrogen-bond donors (Lipinski definition) is 1. The third-order valence-electron chi connectivity index (χ3n) is 6.05. The van der Waals surface area contributed by atoms with Crippen molar-refractivity contribution in [1.82, 2.24) is 15.0 Å². The fourth-order valence-corrected chi connectivity index (χ4v) is 7.81. The van der Waals surface area contributed by atoms with Crippen LogP contribution in [-0.4, -0.2) is 15.0 Å². The van der Waals surface area contributed by atoms with Gasteiger partial charge in [-0.25, -0.2) is 15.0 Å². The molecule has 0 saturated heterocycles. The minimum atomic E-state index is 0.248. The van der Waals surface area contributed by atoms with Crippen LogP contribution in [0, 0.1) is 0 Å². The Morgan fingerprint density at radius 1 is 0.611 bits per heavy atom. The monoisotopic (exact) mass is 518 g/mol. The molecular weight excluding hydrogens is 501 g/mol. The van der Waals surface area contributed by atoms with Gasteiger partial charge in [0.15, 0.2) is 0 Å². The summed E-state index contributed by atoms with van der Waals surface area (Å²) in [7, 11) is 0. The number of fused-ring (bicyclic) bond motifs is 3. The molecule has 1 aliphatic rings. The number of nitrogens with two attached hydrogens (primary N) is 1. The highest BCUT2D eigenvalue weighted by Gasteiger charge is 2.23. The van der Waals surface area contributed by atoms with Gasteiger partial charge in [-0.3, -0.25) is 0 Å². The van der Waals surface area contributed by atoms with E-state index in [0.717, 1.165) is 33.5 Å². The summed E-state index contributed by atoms with van der Waals surface area (Å²) < 4.78 is 0. The predicted octanol–water partition coefficient (Wildman–Crippen LogP) is 8.29. The van der Waals surface area contributed by atoms with Crippen molar-refractivity contribution >= 4 is 51.8 Å². The fraction of sp³-hybridized carbons (Fsp3) is 0. The number of pyridine rings is 1. The van der Waals surface area contributed by atoms with Crippen LogP contribution < -0.4 is 5.73 Å². The van der Waals surface area contributed by atoms with Gasteiger partial charge < -0.3 is 5.73 Å². The average Bonchev–Trinajstić information content (AvgIpc) is 3.41. The van der Waals surface area contributed by atoms with Crippen LogP contribution in [0.25, 0.3) is 44.0 Å². The van der Waals surface area contributed by atoms with Crippen molar-refractivity contribution in [3.63, 3.8) is 0 Å². The quantitative estimate of drug-likeness (QED) is 0.254. The average molecular weight is 519 g/mol. The number of rotatable bonds is 3. The molecule has 0 amide bonds. The summed E-state index contributed by atoms with van der Waals surface area (Å²) in [6.45, 7) is 0. The van der Waals surface area contributed by atoms with E-state index in [-0.39, 0.29) is 5.95 Å². The first-order chi connectivity index (χ1) is 17.7. The van der Waals surface area contributed by atoms with Gasteiger partial charge in [0.25, 0.3) is 0 Å². The van der Waals surface area contributed by atoms with Gasteiger partial charge in [0.2, 0.25) is 5.95 Å². The Hall–Kier alpha value is -3.65. The van der Waals surface area contributed by atoms with Crippen LogP contribution in [0.4, 0.5) is 5.95 Å². The molecule has 0 radical (unpaired) electrons. The molecule has 7 heteroatoms. The molecular formula is C29H18N4S3. The highest BCUT2D eigenvalue weighted by molar-refractivity contribution is 8.05. The number of benzene rings is 3. The van der Waals surface area contributed by atoms with Crippen LogP contribution in [0.15, 0.2) is 116 Å². The van der Waals surface area contributed by atoms with E-state index in [1.807, 2.05) is 66.0 Å². The van der Waals surface area contributed by atoms with Gasteiger partial charge in [-0.1, -0.05) is 78.1 Å². The molecule has 4 heterocycles. The third-order valence-corrected chi connectivity index (χ3v) is 9.61. The number of aromatic nitrogens is 3. The van der Waals surface area contributed by atoms with Gasteiger partial charge in [0.1, 0.15) is 11.2 Å². The molecule has 3 aromatic carbocycles. The van der Waals surface area contributed by atoms with Crippen molar-refractivity contribution < 1.29 is 0 Å². The summed E-state index contributed by atoms with van der Waals surface area (Å²) in [5.41, 5.74) is 12.5. The van der Waals surface area contributed by atoms with Crippen molar-refractivity contribution in [1.29, 1.82) is 0 Å². The summed E-state index contributed by atoms with van der Waals surface area (Å²) in [6.07, 6.45) is 0. The molecule has 0 atom stereocenters. The Balaban J connectivity index is 1.38. The van der Waals surface area contributed by atoms with Crippen molar-refractivity contribution in [2.24, 2.45) is 0 Å². The zero-order valence-corrected chi connectivity index (χ0v) is 21.3. The lowest BCUT2D eigenvalue weighted by molar-refractivity contribution is 1.16. The first kappa shape index (κ1) is 21.6. The highest BCUT2D eigenvalue weighted by Crippen LogP contribution is 2.53. The Morgan fingerprint density at radius 3 is 2.25 bits per heavy atom. The maximum absolute atomic E-state index is 6.04. The smallest absolute Gasteiger partial charge is 0.221 e. The Morgan fingerprint density at radius 2 is 1.39 bits per heavy atom. The largest absolute Gasteiger partial charge is 0.368 e. The minimum Gasteiger partial charge on any atom is -0.368 e. The standard InChI is InChI=1S/C29H18N4S3/c30-29-32-21-14-13-20(31-26(21)25(33-29)17-7-2-1-3-8-17)18-15-16-34-27(18)19-9-6-12-24-28(19)36-23-11-5-4-10-22(23)35-24/h1-16H,(H2,30,32,33). The van der Waals surface area contributed by atoms with E-state index in [1.54, 1.807) is 11.3 Å². The molecule has 4 nitrogen and oxygen atoms in total. The van der Waals surface area contributed by atoms with Gasteiger partial charge in [0.05, 0.1) is 11.2 Å². The van der Waals surface area contributed by atoms with E-state index in [0.29, 0.717) is 0 Å². The maximum Gasteiger partial charge on any atom is 0.221 e. The topological polar surface area (TPSA) is 64.7 Å². The van der Waals surface area contributed by atoms with E-state index in [4.69, 9.17) is 10.7 Å². The summed E-state index contributed by atoms with van der Waals surface area (Å²) in [4.78, 5) is 20.5. The van der Waals surface area contributed by atoms with E-state index in [9.17, 15) is 0 Å². The molecule has 0 unspecified atom stereocenters. The van der Waals surface area contributed by atoms with Gasteiger partial charge in [0, 0.05) is 41.1 Å². The number of thiophene rings is 1. The SMILES string of the molecule is Nc1nc(-c2ccccc2)c2nc(-c3ccsc3-c3cccc4c3Sc3ccccc3S4)ccc2n1. The summed E-state index contributed by atoms with van der Waals surface area (Å²) in [5, 5.41) is 2.14. The summed E-state index contributed by atoms with van der Waals surface area (Å²) >= 11 is 5.43. The number of nitrogen functional groups attached to an aromatic ring is 1. The van der Waals surface area contributed by atoms with Gasteiger partial charge in [-0.2, -0.15) is 0 Å². The molecule has 0 bridgehead atoms. The maximum atomic E-state index is 6.04. The highest BCUT2D eigenvalue weighted by atomic mass is 32.2. The van der Waals surface area contributed by atoms with E-state index < -0.39 is 0 Å². The second-order valence-electron chi connectivity index (χ2n) is 8.31. The molecule has 0 fully saturated rings. The minimum absolute atomic E-state index is 0.248. The summed E-state index contributed by atoms with van der Waals surface area (Å²) in [5.74, 6) is 0.248. The zero-order chi connectivity index (χ0) is 24.1. The third kappa shape index (κ3) is 3.67. The van der Waals surface area contributed by atoms with Crippen molar-refractivity contribution in [3.8, 4) is 33.0 Å². The van der Waals surface area contributed by atoms with Crippen LogP contribution in [-0.2, 0) is 0 Å². The van der Waals surface area contributed by atoms with E-state index in [1.165, 1.54) is 30.0 Å². The van der Waals surface area contributed by atoms with E-state index >= 15 is 0 Å². The molecule has 3 aromatic heterocycles. The second-order valence-corrected chi connectivity index (χ2v) is 11.4. The van der Waals surface area contributed by atoms with Gasteiger partial charge in [-0.15, -0.1) is 11.3 Å². The van der Waals surface area contributed by atoms with Crippen molar-refractivity contribution in [2.75, 3.05) is 5.73 Å². The first-order valence-corrected chi connectivity index (χ1v) is 13.9. The van der Waals surface area contributed by atoms with Gasteiger partial charge in [-0.05, 0) is 41.8 Å². The first-order valence-electron chi connectivity index (χ1n) is 11.4. The molecule has 36 heavy (non-hydrogen) atoms. The predicted molar refractivity (Wildman–Crippen MR) is 151 cm³/mol. The lowest BCUT2D eigenvalue weighted by Crippen LogP contribution is -2.00.